The molecule has 53 heavy (non-hydrogen) atoms. The number of carbonyl (C=O) groups is 2. The van der Waals surface area contributed by atoms with Crippen LogP contribution in [0.25, 0.3) is 0 Å². The Balaban J connectivity index is 1.36. The molecular weight excluding hydrogens is 668 g/mol. The maximum absolute atomic E-state index is 12.3. The molecule has 280 valence electrons. The number of benzene rings is 4. The van der Waals surface area contributed by atoms with E-state index in [0.29, 0.717) is 34.1 Å². The van der Waals surface area contributed by atoms with E-state index < -0.39 is 24.1 Å². The minimum Gasteiger partial charge on any atom is -0.490 e. The Morgan fingerprint density at radius 2 is 0.792 bits per heavy atom. The van der Waals surface area contributed by atoms with E-state index in [-0.39, 0.29) is 31.8 Å². The maximum Gasteiger partial charge on any atom is 0.333 e. The molecule has 0 N–H and O–H groups in total. The van der Waals surface area contributed by atoms with Crippen molar-refractivity contribution in [2.75, 3.05) is 26.4 Å². The molecular formula is C45H52O8. The summed E-state index contributed by atoms with van der Waals surface area (Å²) >= 11 is 0. The standard InChI is InChI=1S/C45H52O8/c1-29(2)43(46)52-41(27-50-39-21-31(5)19-32(6)22-39)25-48-37-15-11-35(12-16-37)45(9,10)36-13-17-38(18-14-36)49-26-42(53-44(47)30(3)4)28-51-40-23-33(7)20-34(8)24-40/h11-24,41-42H,1,3,25-28H2,2,4-10H3. The highest BCUT2D eigenvalue weighted by molar-refractivity contribution is 5.87. The summed E-state index contributed by atoms with van der Waals surface area (Å²) in [7, 11) is 0. The van der Waals surface area contributed by atoms with Gasteiger partial charge in [-0.05, 0) is 123 Å². The van der Waals surface area contributed by atoms with Crippen LogP contribution in [-0.4, -0.2) is 50.6 Å². The molecule has 0 saturated heterocycles. The van der Waals surface area contributed by atoms with Gasteiger partial charge in [0.2, 0.25) is 0 Å². The normalized spacial score (nSPS) is 12.2. The summed E-state index contributed by atoms with van der Waals surface area (Å²) in [4.78, 5) is 24.7. The highest BCUT2D eigenvalue weighted by Crippen LogP contribution is 2.33. The monoisotopic (exact) mass is 720 g/mol. The second-order valence-electron chi connectivity index (χ2n) is 14.2. The lowest BCUT2D eigenvalue weighted by Crippen LogP contribution is -2.31. The molecule has 0 amide bonds. The van der Waals surface area contributed by atoms with Crippen molar-refractivity contribution in [1.82, 2.24) is 0 Å². The van der Waals surface area contributed by atoms with Crippen molar-refractivity contribution in [2.24, 2.45) is 0 Å². The molecule has 0 aromatic heterocycles. The Bertz CT molecular complexity index is 1710. The van der Waals surface area contributed by atoms with Gasteiger partial charge in [0.15, 0.2) is 12.2 Å². The van der Waals surface area contributed by atoms with Crippen LogP contribution in [0.1, 0.15) is 61.1 Å². The van der Waals surface area contributed by atoms with Crippen molar-refractivity contribution in [1.29, 1.82) is 0 Å². The van der Waals surface area contributed by atoms with Crippen LogP contribution < -0.4 is 18.9 Å². The van der Waals surface area contributed by atoms with Crippen LogP contribution in [0.5, 0.6) is 23.0 Å². The number of esters is 2. The first kappa shape index (κ1) is 40.3. The molecule has 2 atom stereocenters. The van der Waals surface area contributed by atoms with Crippen LogP contribution >= 0.6 is 0 Å². The summed E-state index contributed by atoms with van der Waals surface area (Å²) in [5.41, 5.74) is 6.77. The van der Waals surface area contributed by atoms with Gasteiger partial charge in [-0.2, -0.15) is 0 Å². The molecule has 8 heteroatoms. The van der Waals surface area contributed by atoms with Crippen LogP contribution in [0, 0.1) is 27.7 Å². The quantitative estimate of drug-likeness (QED) is 0.0743. The molecule has 0 saturated carbocycles. The molecule has 4 aromatic carbocycles. The van der Waals surface area contributed by atoms with E-state index in [1.807, 2.05) is 100 Å². The van der Waals surface area contributed by atoms with E-state index in [1.165, 1.54) is 0 Å². The largest absolute Gasteiger partial charge is 0.490 e. The van der Waals surface area contributed by atoms with Crippen LogP contribution in [0.15, 0.2) is 109 Å². The number of rotatable bonds is 18. The van der Waals surface area contributed by atoms with Crippen LogP contribution in [0.3, 0.4) is 0 Å². The van der Waals surface area contributed by atoms with Gasteiger partial charge in [-0.25, -0.2) is 9.59 Å². The van der Waals surface area contributed by atoms with Gasteiger partial charge in [0.05, 0.1) is 0 Å². The Labute approximate surface area is 314 Å². The third-order valence-electron chi connectivity index (χ3n) is 8.53. The lowest BCUT2D eigenvalue weighted by molar-refractivity contribution is -0.148. The fraction of sp³-hybridized carbons (Fsp3) is 0.333. The minimum absolute atomic E-state index is 0.110. The smallest absolute Gasteiger partial charge is 0.333 e. The van der Waals surface area contributed by atoms with Crippen molar-refractivity contribution < 1.29 is 38.0 Å². The van der Waals surface area contributed by atoms with E-state index in [9.17, 15) is 9.59 Å². The maximum atomic E-state index is 12.3. The fourth-order valence-electron chi connectivity index (χ4n) is 5.63. The van der Waals surface area contributed by atoms with Crippen molar-refractivity contribution in [3.05, 3.63) is 143 Å². The van der Waals surface area contributed by atoms with E-state index in [2.05, 4.69) is 39.1 Å². The summed E-state index contributed by atoms with van der Waals surface area (Å²) in [6, 6.07) is 27.6. The minimum atomic E-state index is -0.643. The van der Waals surface area contributed by atoms with Gasteiger partial charge in [-0.3, -0.25) is 0 Å². The molecule has 2 unspecified atom stereocenters. The van der Waals surface area contributed by atoms with E-state index >= 15 is 0 Å². The van der Waals surface area contributed by atoms with Crippen LogP contribution in [0.2, 0.25) is 0 Å². The van der Waals surface area contributed by atoms with Crippen molar-refractivity contribution in [2.45, 2.75) is 73.0 Å². The first-order chi connectivity index (χ1) is 25.1. The predicted molar refractivity (Wildman–Crippen MR) is 208 cm³/mol. The molecule has 0 bridgehead atoms. The van der Waals surface area contributed by atoms with Crippen molar-refractivity contribution in [3.8, 4) is 23.0 Å². The number of hydrogen-bond acceptors (Lipinski definition) is 8. The Morgan fingerprint density at radius 1 is 0.509 bits per heavy atom. The highest BCUT2D eigenvalue weighted by atomic mass is 16.6. The molecule has 0 aliphatic carbocycles. The zero-order valence-corrected chi connectivity index (χ0v) is 32.2. The van der Waals surface area contributed by atoms with Gasteiger partial charge >= 0.3 is 11.9 Å². The third kappa shape index (κ3) is 12.3. The number of carbonyl (C=O) groups excluding carboxylic acids is 2. The third-order valence-corrected chi connectivity index (χ3v) is 8.53. The van der Waals surface area contributed by atoms with Gasteiger partial charge in [0.25, 0.3) is 0 Å². The van der Waals surface area contributed by atoms with E-state index in [4.69, 9.17) is 28.4 Å². The molecule has 0 spiro atoms. The second kappa shape index (κ2) is 18.3. The first-order valence-electron chi connectivity index (χ1n) is 17.7. The number of aryl methyl sites for hydroxylation is 4. The molecule has 0 fully saturated rings. The Kier molecular flexibility index (Phi) is 13.9. The fourth-order valence-corrected chi connectivity index (χ4v) is 5.63. The number of ether oxygens (including phenoxy) is 6. The molecule has 0 radical (unpaired) electrons. The van der Waals surface area contributed by atoms with Crippen molar-refractivity contribution >= 4 is 11.9 Å². The first-order valence-corrected chi connectivity index (χ1v) is 17.7. The van der Waals surface area contributed by atoms with Crippen molar-refractivity contribution in [3.63, 3.8) is 0 Å². The average Bonchev–Trinajstić information content (AvgIpc) is 3.10. The summed E-state index contributed by atoms with van der Waals surface area (Å²) in [5, 5.41) is 0. The second-order valence-corrected chi connectivity index (χ2v) is 14.2. The Hall–Kier alpha value is -5.50. The molecule has 0 aliphatic rings. The topological polar surface area (TPSA) is 89.5 Å². The van der Waals surface area contributed by atoms with Crippen LogP contribution in [-0.2, 0) is 24.5 Å². The van der Waals surface area contributed by atoms with E-state index in [1.54, 1.807) is 13.8 Å². The van der Waals surface area contributed by atoms with Gasteiger partial charge in [0, 0.05) is 16.6 Å². The molecule has 8 nitrogen and oxygen atoms in total. The Morgan fingerprint density at radius 3 is 1.08 bits per heavy atom. The zero-order chi connectivity index (χ0) is 38.7. The zero-order valence-electron chi connectivity index (χ0n) is 32.2. The summed E-state index contributed by atoms with van der Waals surface area (Å²) in [5.74, 6) is 1.70. The summed E-state index contributed by atoms with van der Waals surface area (Å²) in [6.07, 6.45) is -1.29. The van der Waals surface area contributed by atoms with Gasteiger partial charge in [0.1, 0.15) is 49.4 Å². The highest BCUT2D eigenvalue weighted by Gasteiger charge is 2.24. The molecule has 4 aromatic rings. The predicted octanol–water partition coefficient (Wildman–Crippen LogP) is 9.14. The van der Waals surface area contributed by atoms with Gasteiger partial charge < -0.3 is 28.4 Å². The molecule has 4 rings (SSSR count). The SMILES string of the molecule is C=C(C)C(=O)OC(COc1ccc(C(C)(C)c2ccc(OCC(COc3cc(C)cc(C)c3)OC(=O)C(=C)C)cc2)cc1)COc1cc(C)cc(C)c1. The molecule has 0 heterocycles. The lowest BCUT2D eigenvalue weighted by Gasteiger charge is -2.27. The average molecular weight is 721 g/mol. The lowest BCUT2D eigenvalue weighted by atomic mass is 9.78. The summed E-state index contributed by atoms with van der Waals surface area (Å²) < 4.78 is 35.3. The summed E-state index contributed by atoms with van der Waals surface area (Å²) in [6.45, 7) is 23.4. The molecule has 0 aliphatic heterocycles. The van der Waals surface area contributed by atoms with Gasteiger partial charge in [-0.15, -0.1) is 0 Å². The van der Waals surface area contributed by atoms with Crippen LogP contribution in [0.4, 0.5) is 0 Å². The van der Waals surface area contributed by atoms with E-state index in [0.717, 1.165) is 33.4 Å². The number of hydrogen-bond donors (Lipinski definition) is 0. The van der Waals surface area contributed by atoms with Gasteiger partial charge in [-0.1, -0.05) is 63.4 Å².